The molecule has 0 saturated carbocycles. The van der Waals surface area contributed by atoms with Crippen LogP contribution in [0.3, 0.4) is 0 Å². The maximum absolute atomic E-state index is 11.8. The van der Waals surface area contributed by atoms with Gasteiger partial charge in [-0.1, -0.05) is 5.16 Å². The fourth-order valence-electron chi connectivity index (χ4n) is 1.36. The van der Waals surface area contributed by atoms with Crippen LogP contribution >= 0.6 is 0 Å². The first-order valence-electron chi connectivity index (χ1n) is 6.07. The minimum absolute atomic E-state index is 0.00884. The molecule has 0 aromatic heterocycles. The van der Waals surface area contributed by atoms with Crippen LogP contribution in [0.4, 0.5) is 0 Å². The van der Waals surface area contributed by atoms with E-state index >= 15 is 0 Å². The number of carbonyl (C=O) groups is 1. The average Bonchev–Trinajstić information content (AvgIpc) is 2.34. The number of hydrogen-bond donors (Lipinski definition) is 0. The molecule has 4 nitrogen and oxygen atoms in total. The average molecular weight is 249 g/mol. The Bertz CT molecular complexity index is 396. The summed E-state index contributed by atoms with van der Waals surface area (Å²) in [6.07, 6.45) is 1.85. The summed E-state index contributed by atoms with van der Waals surface area (Å²) >= 11 is 0. The molecule has 98 valence electrons. The summed E-state index contributed by atoms with van der Waals surface area (Å²) < 4.78 is 5.50. The Morgan fingerprint density at radius 2 is 2.00 bits per heavy atom. The lowest BCUT2D eigenvalue weighted by molar-refractivity contribution is 0.0998. The van der Waals surface area contributed by atoms with Crippen molar-refractivity contribution < 1.29 is 14.4 Å². The van der Waals surface area contributed by atoms with E-state index in [9.17, 15) is 4.79 Å². The van der Waals surface area contributed by atoms with Gasteiger partial charge in [0.1, 0.15) is 12.4 Å². The van der Waals surface area contributed by atoms with Gasteiger partial charge in [-0.05, 0) is 45.0 Å². The molecule has 0 aliphatic rings. The van der Waals surface area contributed by atoms with Gasteiger partial charge >= 0.3 is 0 Å². The van der Waals surface area contributed by atoms with E-state index in [2.05, 4.69) is 5.16 Å². The Kier molecular flexibility index (Phi) is 5.91. The zero-order valence-corrected chi connectivity index (χ0v) is 11.1. The molecule has 0 spiro atoms. The fraction of sp³-hybridized carbons (Fsp3) is 0.429. The van der Waals surface area contributed by atoms with Gasteiger partial charge in [0.2, 0.25) is 0 Å². The van der Waals surface area contributed by atoms with E-state index in [0.717, 1.165) is 5.75 Å². The first-order chi connectivity index (χ1) is 8.63. The number of rotatable bonds is 7. The van der Waals surface area contributed by atoms with Crippen molar-refractivity contribution in [2.45, 2.75) is 33.3 Å². The van der Waals surface area contributed by atoms with Crippen molar-refractivity contribution in [1.82, 2.24) is 0 Å². The Hall–Kier alpha value is -1.84. The Morgan fingerprint density at radius 1 is 1.33 bits per heavy atom. The van der Waals surface area contributed by atoms with Crippen molar-refractivity contribution >= 4 is 12.0 Å². The number of nitrogens with zero attached hydrogens (tertiary/aromatic N) is 1. The van der Waals surface area contributed by atoms with Crippen LogP contribution in [0.2, 0.25) is 0 Å². The van der Waals surface area contributed by atoms with E-state index < -0.39 is 0 Å². The Labute approximate surface area is 108 Å². The van der Waals surface area contributed by atoms with Crippen LogP contribution in [0.5, 0.6) is 5.75 Å². The molecule has 0 atom stereocenters. The van der Waals surface area contributed by atoms with Gasteiger partial charge in [0.05, 0.1) is 12.3 Å². The molecule has 0 unspecified atom stereocenters. The standard InChI is InChI=1S/C14H19NO3/c1-4-17-15-10-9-14(16)12-5-7-13(8-6-12)18-11(2)3/h5-8,10-11H,4,9H2,1-3H3/b15-10+. The van der Waals surface area contributed by atoms with Crippen molar-refractivity contribution in [2.75, 3.05) is 6.61 Å². The fourth-order valence-corrected chi connectivity index (χ4v) is 1.36. The molecule has 18 heavy (non-hydrogen) atoms. The Balaban J connectivity index is 2.53. The molecule has 1 aromatic carbocycles. The summed E-state index contributed by atoms with van der Waals surface area (Å²) in [7, 11) is 0. The molecule has 0 aliphatic heterocycles. The molecular weight excluding hydrogens is 230 g/mol. The summed E-state index contributed by atoms with van der Waals surface area (Å²) in [5.41, 5.74) is 0.647. The SMILES string of the molecule is CCO/N=C/CC(=O)c1ccc(OC(C)C)cc1. The third kappa shape index (κ3) is 4.99. The zero-order valence-electron chi connectivity index (χ0n) is 11.1. The monoisotopic (exact) mass is 249 g/mol. The number of ketones is 1. The summed E-state index contributed by atoms with van der Waals surface area (Å²) in [5.74, 6) is 0.777. The van der Waals surface area contributed by atoms with E-state index in [1.54, 1.807) is 24.3 Å². The summed E-state index contributed by atoms with van der Waals surface area (Å²) in [4.78, 5) is 16.5. The van der Waals surface area contributed by atoms with Gasteiger partial charge in [-0.25, -0.2) is 0 Å². The predicted molar refractivity (Wildman–Crippen MR) is 71.3 cm³/mol. The summed E-state index contributed by atoms with van der Waals surface area (Å²) in [6, 6.07) is 7.11. The minimum atomic E-state index is 0.00884. The number of benzene rings is 1. The number of hydrogen-bond acceptors (Lipinski definition) is 4. The van der Waals surface area contributed by atoms with Crippen molar-refractivity contribution in [3.8, 4) is 5.75 Å². The highest BCUT2D eigenvalue weighted by atomic mass is 16.6. The quantitative estimate of drug-likeness (QED) is 0.424. The minimum Gasteiger partial charge on any atom is -0.491 e. The Morgan fingerprint density at radius 3 is 2.56 bits per heavy atom. The van der Waals surface area contributed by atoms with E-state index in [0.29, 0.717) is 12.2 Å². The summed E-state index contributed by atoms with van der Waals surface area (Å²) in [5, 5.41) is 3.64. The van der Waals surface area contributed by atoms with Gasteiger partial charge in [-0.3, -0.25) is 4.79 Å². The number of Topliss-reactive ketones (excluding diaryl/α,β-unsaturated/α-hetero) is 1. The molecular formula is C14H19NO3. The van der Waals surface area contributed by atoms with Crippen LogP contribution in [0.15, 0.2) is 29.4 Å². The molecule has 1 aromatic rings. The molecule has 0 bridgehead atoms. The largest absolute Gasteiger partial charge is 0.491 e. The molecule has 0 N–H and O–H groups in total. The van der Waals surface area contributed by atoms with Crippen molar-refractivity contribution in [3.05, 3.63) is 29.8 Å². The molecule has 0 fully saturated rings. The van der Waals surface area contributed by atoms with Crippen LogP contribution in [0, 0.1) is 0 Å². The van der Waals surface area contributed by atoms with Gasteiger partial charge in [-0.2, -0.15) is 0 Å². The van der Waals surface area contributed by atoms with E-state index in [-0.39, 0.29) is 18.3 Å². The highest BCUT2D eigenvalue weighted by Crippen LogP contribution is 2.14. The number of ether oxygens (including phenoxy) is 1. The predicted octanol–water partition coefficient (Wildman–Crippen LogP) is 3.07. The second kappa shape index (κ2) is 7.48. The second-order valence-electron chi connectivity index (χ2n) is 4.02. The molecule has 0 saturated heterocycles. The lowest BCUT2D eigenvalue weighted by Crippen LogP contribution is -2.06. The number of carbonyl (C=O) groups excluding carboxylic acids is 1. The maximum atomic E-state index is 11.8. The normalized spacial score (nSPS) is 10.9. The molecule has 1 rings (SSSR count). The first-order valence-corrected chi connectivity index (χ1v) is 6.07. The second-order valence-corrected chi connectivity index (χ2v) is 4.02. The third-order valence-corrected chi connectivity index (χ3v) is 2.10. The molecule has 0 radical (unpaired) electrons. The van der Waals surface area contributed by atoms with Gasteiger partial charge in [0, 0.05) is 12.0 Å². The van der Waals surface area contributed by atoms with Gasteiger partial charge in [-0.15, -0.1) is 0 Å². The van der Waals surface area contributed by atoms with Crippen LogP contribution in [0.25, 0.3) is 0 Å². The molecule has 4 heteroatoms. The van der Waals surface area contributed by atoms with E-state index in [4.69, 9.17) is 9.57 Å². The molecule has 0 aliphatic carbocycles. The lowest BCUT2D eigenvalue weighted by atomic mass is 10.1. The van der Waals surface area contributed by atoms with Gasteiger partial charge in [0.15, 0.2) is 5.78 Å². The molecule has 0 heterocycles. The topological polar surface area (TPSA) is 47.9 Å². The van der Waals surface area contributed by atoms with Crippen LogP contribution in [0.1, 0.15) is 37.6 Å². The summed E-state index contributed by atoms with van der Waals surface area (Å²) in [6.45, 7) is 6.27. The smallest absolute Gasteiger partial charge is 0.168 e. The number of oxime groups is 1. The van der Waals surface area contributed by atoms with Crippen molar-refractivity contribution in [3.63, 3.8) is 0 Å². The zero-order chi connectivity index (χ0) is 13.4. The van der Waals surface area contributed by atoms with Gasteiger partial charge in [0.25, 0.3) is 0 Å². The highest BCUT2D eigenvalue weighted by Gasteiger charge is 2.05. The van der Waals surface area contributed by atoms with Crippen molar-refractivity contribution in [1.29, 1.82) is 0 Å². The van der Waals surface area contributed by atoms with Crippen LogP contribution in [-0.4, -0.2) is 24.7 Å². The lowest BCUT2D eigenvalue weighted by Gasteiger charge is -2.09. The first kappa shape index (κ1) is 14.2. The van der Waals surface area contributed by atoms with E-state index in [1.807, 2.05) is 20.8 Å². The van der Waals surface area contributed by atoms with Crippen molar-refractivity contribution in [2.24, 2.45) is 5.16 Å². The van der Waals surface area contributed by atoms with Gasteiger partial charge < -0.3 is 9.57 Å². The molecule has 0 amide bonds. The highest BCUT2D eigenvalue weighted by molar-refractivity contribution is 6.03. The van der Waals surface area contributed by atoms with E-state index in [1.165, 1.54) is 6.21 Å². The third-order valence-electron chi connectivity index (χ3n) is 2.10. The van der Waals surface area contributed by atoms with Crippen LogP contribution < -0.4 is 4.74 Å². The van der Waals surface area contributed by atoms with Crippen LogP contribution in [-0.2, 0) is 4.84 Å². The maximum Gasteiger partial charge on any atom is 0.168 e.